The topological polar surface area (TPSA) is 131 Å². The minimum absolute atomic E-state index is 0. The van der Waals surface area contributed by atoms with Crippen LogP contribution in [0.1, 0.15) is 0 Å². The molecule has 0 aromatic carbocycles. The second-order valence-electron chi connectivity index (χ2n) is 0. The van der Waals surface area contributed by atoms with Crippen molar-refractivity contribution < 1.29 is 76.2 Å². The maximum atomic E-state index is 8.26. The minimum atomic E-state index is 0. The van der Waals surface area contributed by atoms with Crippen molar-refractivity contribution in [2.45, 2.75) is 0 Å². The Kier molecular flexibility index (Phi) is 1820. The molecule has 0 rings (SSSR count). The molecule has 0 saturated heterocycles. The monoisotopic (exact) mass is 416 g/mol. The molecule has 5 nitrogen and oxygen atoms in total. The van der Waals surface area contributed by atoms with E-state index in [4.69, 9.17) is 3.40 Å². The van der Waals surface area contributed by atoms with Crippen LogP contribution in [0.4, 0.5) is 0 Å². The van der Waals surface area contributed by atoms with E-state index < -0.39 is 0 Å². The van der Waals surface area contributed by atoms with Gasteiger partial charge in [0.25, 0.3) is 0 Å². The van der Waals surface area contributed by atoms with Gasteiger partial charge in [0.2, 0.25) is 0 Å². The average molecular weight is 414 g/mol. The van der Waals surface area contributed by atoms with Crippen LogP contribution < -0.4 is 0 Å². The van der Waals surface area contributed by atoms with Gasteiger partial charge in [0.15, 0.2) is 0 Å². The molecule has 0 aliphatic heterocycles. The summed E-state index contributed by atoms with van der Waals surface area (Å²) in [4.78, 5) is 0. The van der Waals surface area contributed by atoms with Crippen molar-refractivity contribution in [2.75, 3.05) is 0 Å². The predicted molar refractivity (Wildman–Crippen MR) is 3.43 cm³/mol. The number of hydrogen-bond acceptors (Lipinski definition) is 1. The largest absolute Gasteiger partial charge is 0 e. The zero-order valence-corrected chi connectivity index (χ0v) is 9.12. The molecule has 0 heterocycles. The number of hydrogen-bond donors (Lipinski definition) is 0. The van der Waals surface area contributed by atoms with E-state index in [2.05, 4.69) is 0 Å². The molecule has 0 unspecified atom stereocenters. The van der Waals surface area contributed by atoms with E-state index >= 15 is 0 Å². The molecule has 0 N–H and O–H groups in total. The Bertz CT molecular complexity index is 8.04. The molecule has 0 saturated carbocycles. The van der Waals surface area contributed by atoms with E-state index in [-0.39, 0.29) is 53.0 Å². The summed E-state index contributed by atoms with van der Waals surface area (Å²) in [5.41, 5.74) is 0. The smallest absolute Gasteiger partial charge is 0 e. The van der Waals surface area contributed by atoms with Gasteiger partial charge in [0.1, 0.15) is 0 Å². The molecule has 0 aliphatic carbocycles. The van der Waals surface area contributed by atoms with Gasteiger partial charge in [-0.2, -0.15) is 0 Å². The van der Waals surface area contributed by atoms with Crippen LogP contribution in [0.2, 0.25) is 0 Å². The Labute approximate surface area is 75.7 Å². The molecule has 0 aromatic rings. The van der Waals surface area contributed by atoms with Gasteiger partial charge in [-0.1, -0.05) is 0 Å². The second kappa shape index (κ2) is 158. The fourth-order valence-electron chi connectivity index (χ4n) is 0. The zero-order chi connectivity index (χ0) is 2.00. The summed E-state index contributed by atoms with van der Waals surface area (Å²) in [5.74, 6) is 0. The van der Waals surface area contributed by atoms with Crippen LogP contribution in [0.5, 0.6) is 0 Å². The number of rotatable bonds is 0. The predicted octanol–water partition coefficient (Wildman–Crippen LogP) is -0.596. The average Bonchev–Trinajstić information content (AvgIpc) is 1.00. The minimum Gasteiger partial charge on any atom is 0 e. The summed E-state index contributed by atoms with van der Waals surface area (Å²) in [6.45, 7) is 0. The van der Waals surface area contributed by atoms with Gasteiger partial charge in [-0.15, -0.1) is 0 Å². The van der Waals surface area contributed by atoms with Gasteiger partial charge < -0.3 is 21.9 Å². The first-order valence-electron chi connectivity index (χ1n) is 0.167. The fraction of sp³-hybridized carbons (Fsp3) is 0. The van der Waals surface area contributed by atoms with Crippen LogP contribution in [0.15, 0.2) is 0 Å². The molecule has 0 aliphatic rings. The molecule has 0 spiro atoms. The standard InChI is InChI=1S/Mo.5O.U/q;;4*-2;. The molecule has 0 aromatic heterocycles. The van der Waals surface area contributed by atoms with Crippen molar-refractivity contribution in [3.05, 3.63) is 0 Å². The van der Waals surface area contributed by atoms with Crippen LogP contribution >= 0.6 is 0 Å². The normalized spacial score (nSPS) is 0.571. The van der Waals surface area contributed by atoms with Crippen LogP contribution in [-0.4, -0.2) is 0 Å². The van der Waals surface area contributed by atoms with Crippen molar-refractivity contribution in [1.82, 2.24) is 0 Å². The fourth-order valence-corrected chi connectivity index (χ4v) is 0. The first-order valence-corrected chi connectivity index (χ1v) is 0.986. The van der Waals surface area contributed by atoms with Crippen LogP contribution in [0.25, 0.3) is 0 Å². The first kappa shape index (κ1) is 80.6. The molecular formula is MoO5U-8. The van der Waals surface area contributed by atoms with Gasteiger partial charge in [0.05, 0.1) is 0 Å². The van der Waals surface area contributed by atoms with E-state index in [1.807, 2.05) is 0 Å². The first-order chi connectivity index (χ1) is 1.00. The van der Waals surface area contributed by atoms with Crippen LogP contribution in [-0.2, 0) is 45.1 Å². The summed E-state index contributed by atoms with van der Waals surface area (Å²) >= 11 is 0.700. The molecule has 0 bridgehead atoms. The Morgan fingerprint density at radius 1 is 0.714 bits per heavy atom. The molecule has 0 fully saturated rings. The van der Waals surface area contributed by atoms with E-state index in [1.54, 1.807) is 0 Å². The zero-order valence-electron chi connectivity index (χ0n) is 2.95. The quantitative estimate of drug-likeness (QED) is 0.482. The molecular weight excluding hydrogens is 414 g/mol. The molecule has 0 atom stereocenters. The summed E-state index contributed by atoms with van der Waals surface area (Å²) in [6, 6.07) is 0. The van der Waals surface area contributed by atoms with Gasteiger partial charge in [-0.3, -0.25) is 0 Å². The van der Waals surface area contributed by atoms with Gasteiger partial charge in [-0.25, -0.2) is 0 Å². The summed E-state index contributed by atoms with van der Waals surface area (Å²) in [5, 5.41) is 0. The molecule has 7 heavy (non-hydrogen) atoms. The van der Waals surface area contributed by atoms with Crippen molar-refractivity contribution in [2.24, 2.45) is 0 Å². The Morgan fingerprint density at radius 2 is 0.714 bits per heavy atom. The molecule has 0 radical (unpaired) electrons. The third kappa shape index (κ3) is 112. The molecule has 0 amide bonds. The van der Waals surface area contributed by atoms with Crippen LogP contribution in [0.3, 0.4) is 0 Å². The van der Waals surface area contributed by atoms with Crippen LogP contribution in [0, 0.1) is 31.1 Å². The molecule has 7 heteroatoms. The van der Waals surface area contributed by atoms with E-state index in [0.29, 0.717) is 19.8 Å². The SMILES string of the molecule is [O-2].[O-2].[O-2].[O-2].[O]=[Mo].[U]. The summed E-state index contributed by atoms with van der Waals surface area (Å²) < 4.78 is 8.26. The third-order valence-electron chi connectivity index (χ3n) is 0. The maximum Gasteiger partial charge on any atom is 0 e. The van der Waals surface area contributed by atoms with Gasteiger partial charge in [-0.05, 0) is 0 Å². The van der Waals surface area contributed by atoms with Crippen molar-refractivity contribution in [3.63, 3.8) is 0 Å². The summed E-state index contributed by atoms with van der Waals surface area (Å²) in [7, 11) is 0. The van der Waals surface area contributed by atoms with Gasteiger partial charge in [0, 0.05) is 31.1 Å². The van der Waals surface area contributed by atoms with Crippen molar-refractivity contribution in [1.29, 1.82) is 0 Å². The van der Waals surface area contributed by atoms with Crippen molar-refractivity contribution >= 4 is 0 Å². The Balaban J connectivity index is -0.000000000500. The Morgan fingerprint density at radius 3 is 0.714 bits per heavy atom. The van der Waals surface area contributed by atoms with Crippen molar-refractivity contribution in [3.8, 4) is 0 Å². The third-order valence-corrected chi connectivity index (χ3v) is 0. The Hall–Kier alpha value is 1.38. The van der Waals surface area contributed by atoms with E-state index in [0.717, 1.165) is 0 Å². The second-order valence-corrected chi connectivity index (χ2v) is 0. The molecule has 48 valence electrons. The van der Waals surface area contributed by atoms with Gasteiger partial charge >= 0.3 is 23.2 Å². The maximum absolute atomic E-state index is 8.26. The van der Waals surface area contributed by atoms with E-state index in [9.17, 15) is 0 Å². The summed E-state index contributed by atoms with van der Waals surface area (Å²) in [6.07, 6.45) is 0. The van der Waals surface area contributed by atoms with E-state index in [1.165, 1.54) is 0 Å².